The molecule has 75 heavy (non-hydrogen) atoms. The maximum absolute atomic E-state index is 4.79. The second-order valence-corrected chi connectivity index (χ2v) is 19.4. The quantitative estimate of drug-likeness (QED) is 0.137. The van der Waals surface area contributed by atoms with E-state index in [0.29, 0.717) is 0 Å². The highest BCUT2D eigenvalue weighted by Gasteiger charge is 2.19. The number of aromatic nitrogens is 4. The van der Waals surface area contributed by atoms with Gasteiger partial charge in [-0.1, -0.05) is 187 Å². The Balaban J connectivity index is 0.995. The minimum absolute atomic E-state index is 0.938. The highest BCUT2D eigenvalue weighted by molar-refractivity contribution is 6.00. The molecule has 13 aromatic rings. The molecule has 4 heterocycles. The number of hydrogen-bond acceptors (Lipinski definition) is 3. The Kier molecular flexibility index (Phi) is 11.6. The topological polar surface area (TPSA) is 43.1 Å². The normalized spacial score (nSPS) is 11.3. The smallest absolute Gasteiger partial charge is 0.144 e. The van der Waals surface area contributed by atoms with Gasteiger partial charge in [-0.2, -0.15) is 0 Å². The third-order valence-corrected chi connectivity index (χ3v) is 14.5. The molecule has 0 amide bonds. The Labute approximate surface area is 437 Å². The molecule has 0 fully saturated rings. The molecule has 0 aliphatic heterocycles. The van der Waals surface area contributed by atoms with E-state index in [0.717, 1.165) is 117 Å². The monoisotopic (exact) mass is 958 g/mol. The van der Waals surface area contributed by atoms with Crippen molar-refractivity contribution in [3.8, 4) is 112 Å². The molecule has 0 saturated heterocycles. The number of rotatable bonds is 10. The van der Waals surface area contributed by atoms with Crippen LogP contribution in [0.2, 0.25) is 0 Å². The van der Waals surface area contributed by atoms with Crippen LogP contribution in [0, 0.1) is 13.8 Å². The van der Waals surface area contributed by atoms with E-state index in [4.69, 9.17) is 4.98 Å². The lowest BCUT2D eigenvalue weighted by Crippen LogP contribution is -1.94. The first-order chi connectivity index (χ1) is 37.0. The number of imidazole rings is 1. The summed E-state index contributed by atoms with van der Waals surface area (Å²) in [6.45, 7) is 4.33. The van der Waals surface area contributed by atoms with Crippen LogP contribution >= 0.6 is 0 Å². The van der Waals surface area contributed by atoms with Crippen LogP contribution in [0.1, 0.15) is 11.1 Å². The van der Waals surface area contributed by atoms with Gasteiger partial charge >= 0.3 is 0 Å². The first-order valence-electron chi connectivity index (χ1n) is 25.5. The van der Waals surface area contributed by atoms with Crippen molar-refractivity contribution >= 4 is 16.4 Å². The predicted molar refractivity (Wildman–Crippen MR) is 312 cm³/mol. The van der Waals surface area contributed by atoms with Crippen LogP contribution in [-0.4, -0.2) is 19.4 Å². The number of nitrogens with zero attached hydrogens (tertiary/aromatic N) is 4. The van der Waals surface area contributed by atoms with E-state index in [1.54, 1.807) is 0 Å². The Morgan fingerprint density at radius 1 is 0.267 bits per heavy atom. The van der Waals surface area contributed by atoms with Gasteiger partial charge in [0.25, 0.3) is 0 Å². The van der Waals surface area contributed by atoms with Crippen molar-refractivity contribution in [2.45, 2.75) is 13.8 Å². The molecule has 0 bridgehead atoms. The second-order valence-electron chi connectivity index (χ2n) is 19.4. The van der Waals surface area contributed by atoms with Crippen LogP contribution in [0.15, 0.2) is 268 Å². The molecule has 0 saturated carbocycles. The summed E-state index contributed by atoms with van der Waals surface area (Å²) >= 11 is 0. The van der Waals surface area contributed by atoms with Gasteiger partial charge in [-0.3, -0.25) is 9.97 Å². The van der Waals surface area contributed by atoms with Crippen LogP contribution in [0.3, 0.4) is 0 Å². The fourth-order valence-electron chi connectivity index (χ4n) is 11.0. The van der Waals surface area contributed by atoms with E-state index < -0.39 is 0 Å². The molecule has 4 aromatic heterocycles. The molecule has 9 aromatic carbocycles. The summed E-state index contributed by atoms with van der Waals surface area (Å²) in [6, 6.07) is 86.2. The van der Waals surface area contributed by atoms with Gasteiger partial charge in [0.1, 0.15) is 5.65 Å². The first-order valence-corrected chi connectivity index (χ1v) is 25.5. The number of fused-ring (bicyclic) bond motifs is 3. The highest BCUT2D eigenvalue weighted by Crippen LogP contribution is 2.45. The molecule has 0 aliphatic rings. The van der Waals surface area contributed by atoms with Gasteiger partial charge < -0.3 is 4.40 Å². The molecule has 0 spiro atoms. The van der Waals surface area contributed by atoms with E-state index in [2.05, 4.69) is 253 Å². The Bertz CT molecular complexity index is 4210. The Hall–Kier alpha value is -9.77. The lowest BCUT2D eigenvalue weighted by molar-refractivity contribution is 1.20. The van der Waals surface area contributed by atoms with E-state index in [1.807, 2.05) is 43.0 Å². The largest absolute Gasteiger partial charge is 0.307 e. The zero-order valence-corrected chi connectivity index (χ0v) is 41.7. The van der Waals surface area contributed by atoms with Gasteiger partial charge in [0.15, 0.2) is 0 Å². The summed E-state index contributed by atoms with van der Waals surface area (Å²) in [5, 5.41) is 2.27. The van der Waals surface area contributed by atoms with Gasteiger partial charge in [0.05, 0.1) is 11.4 Å². The maximum atomic E-state index is 4.79. The van der Waals surface area contributed by atoms with Crippen LogP contribution < -0.4 is 0 Å². The number of aryl methyl sites for hydroxylation is 2. The first kappa shape index (κ1) is 45.1. The van der Waals surface area contributed by atoms with Gasteiger partial charge in [-0.05, 0) is 169 Å². The number of pyridine rings is 3. The van der Waals surface area contributed by atoms with Crippen molar-refractivity contribution in [2.24, 2.45) is 0 Å². The van der Waals surface area contributed by atoms with Gasteiger partial charge in [-0.25, -0.2) is 4.98 Å². The molecular formula is C71H50N4. The molecule has 0 N–H and O–H groups in total. The minimum atomic E-state index is 0.938. The standard InChI is InChI=1S/C71H50N4/c1-47-39-48(2)41-56(40-47)49-21-23-51(24-22-49)68-46-55(70-20-10-12-35-73-70)30-32-67(68)66-18-8-7-17-64(66)59-44-57(62-15-5-3-13-60(62)50-25-27-52(28-26-50)69-19-9-11-34-72-69)43-58(45-59)63-16-6-4-14-61(63)53-29-31-65-54(42-53)33-37-75-38-36-74-71(65)75/h3-46H,1-2H3. The molecule has 4 heteroatoms. The van der Waals surface area contributed by atoms with Crippen molar-refractivity contribution in [3.05, 3.63) is 279 Å². The van der Waals surface area contributed by atoms with Crippen LogP contribution in [-0.2, 0) is 0 Å². The zero-order chi connectivity index (χ0) is 50.2. The van der Waals surface area contributed by atoms with Crippen molar-refractivity contribution < 1.29 is 0 Å². The van der Waals surface area contributed by atoms with Crippen molar-refractivity contribution in [1.29, 1.82) is 0 Å². The molecule has 0 unspecified atom stereocenters. The summed E-state index contributed by atoms with van der Waals surface area (Å²) < 4.78 is 2.08. The summed E-state index contributed by atoms with van der Waals surface area (Å²) in [5.41, 5.74) is 26.0. The Morgan fingerprint density at radius 2 is 0.733 bits per heavy atom. The molecule has 13 rings (SSSR count). The molecular weight excluding hydrogens is 909 g/mol. The average Bonchev–Trinajstić information content (AvgIpc) is 3.97. The maximum Gasteiger partial charge on any atom is 0.144 e. The van der Waals surface area contributed by atoms with Gasteiger partial charge in [-0.15, -0.1) is 0 Å². The number of benzene rings is 9. The molecule has 4 nitrogen and oxygen atoms in total. The van der Waals surface area contributed by atoms with Crippen LogP contribution in [0.4, 0.5) is 0 Å². The van der Waals surface area contributed by atoms with Gasteiger partial charge in [0, 0.05) is 47.5 Å². The fourth-order valence-corrected chi connectivity index (χ4v) is 11.0. The molecule has 0 atom stereocenters. The van der Waals surface area contributed by atoms with E-state index in [-0.39, 0.29) is 0 Å². The fraction of sp³-hybridized carbons (Fsp3) is 0.0282. The highest BCUT2D eigenvalue weighted by atomic mass is 15.0. The Morgan fingerprint density at radius 3 is 1.33 bits per heavy atom. The molecule has 0 radical (unpaired) electrons. The molecule has 354 valence electrons. The van der Waals surface area contributed by atoms with Crippen molar-refractivity contribution in [2.75, 3.05) is 0 Å². The lowest BCUT2D eigenvalue weighted by atomic mass is 9.84. The summed E-state index contributed by atoms with van der Waals surface area (Å²) in [4.78, 5) is 14.1. The summed E-state index contributed by atoms with van der Waals surface area (Å²) in [6.07, 6.45) is 9.67. The van der Waals surface area contributed by atoms with Crippen LogP contribution in [0.5, 0.6) is 0 Å². The van der Waals surface area contributed by atoms with E-state index >= 15 is 0 Å². The van der Waals surface area contributed by atoms with E-state index in [1.165, 1.54) is 22.3 Å². The predicted octanol–water partition coefficient (Wildman–Crippen LogP) is 18.6. The third-order valence-electron chi connectivity index (χ3n) is 14.5. The third kappa shape index (κ3) is 8.79. The second kappa shape index (κ2) is 19.3. The van der Waals surface area contributed by atoms with Gasteiger partial charge in [0.2, 0.25) is 0 Å². The summed E-state index contributed by atoms with van der Waals surface area (Å²) in [5.74, 6) is 0. The van der Waals surface area contributed by atoms with Crippen molar-refractivity contribution in [1.82, 2.24) is 19.4 Å². The van der Waals surface area contributed by atoms with Crippen LogP contribution in [0.25, 0.3) is 128 Å². The zero-order valence-electron chi connectivity index (χ0n) is 41.7. The molecule has 0 aliphatic carbocycles. The number of hydrogen-bond donors (Lipinski definition) is 0. The summed E-state index contributed by atoms with van der Waals surface area (Å²) in [7, 11) is 0. The van der Waals surface area contributed by atoms with Crippen molar-refractivity contribution in [3.63, 3.8) is 0 Å². The lowest BCUT2D eigenvalue weighted by Gasteiger charge is -2.19. The minimum Gasteiger partial charge on any atom is -0.307 e. The average molecular weight is 959 g/mol. The van der Waals surface area contributed by atoms with E-state index in [9.17, 15) is 0 Å². The SMILES string of the molecule is Cc1cc(C)cc(-c2ccc(-c3cc(-c4ccccn4)ccc3-c3ccccc3-c3cc(-c4ccccc4-c4ccc(-c5ccccn5)cc4)cc(-c4ccccc4-c4ccc5c(ccn6ccnc56)c4)c3)cc2)c1.